The molecule has 1 aromatic carbocycles. The van der Waals surface area contributed by atoms with Crippen LogP contribution in [0.3, 0.4) is 0 Å². The van der Waals surface area contributed by atoms with Crippen molar-refractivity contribution in [1.29, 1.82) is 0 Å². The lowest BCUT2D eigenvalue weighted by Crippen LogP contribution is -2.08. The monoisotopic (exact) mass is 398 g/mol. The zero-order valence-electron chi connectivity index (χ0n) is 17.7. The molecule has 1 unspecified atom stereocenters. The fourth-order valence-corrected chi connectivity index (χ4v) is 4.61. The Balaban J connectivity index is 2.57. The minimum Gasteiger partial charge on any atom is -0.487 e. The fourth-order valence-electron chi connectivity index (χ4n) is 2.78. The summed E-state index contributed by atoms with van der Waals surface area (Å²) >= 11 is 0. The van der Waals surface area contributed by atoms with Gasteiger partial charge in [0, 0.05) is 0 Å². The van der Waals surface area contributed by atoms with Gasteiger partial charge in [0.15, 0.2) is 11.5 Å². The Morgan fingerprint density at radius 2 is 1.44 bits per heavy atom. The van der Waals surface area contributed by atoms with Gasteiger partial charge < -0.3 is 9.26 Å². The quantitative estimate of drug-likeness (QED) is 0.212. The molecule has 0 bridgehead atoms. The maximum Gasteiger partial charge on any atom is 0.379 e. The first kappa shape index (κ1) is 24.0. The van der Waals surface area contributed by atoms with Gasteiger partial charge in [0.05, 0.1) is 18.9 Å². The van der Waals surface area contributed by atoms with Crippen LogP contribution in [0.15, 0.2) is 24.3 Å². The molecule has 0 spiro atoms. The molecule has 0 aliphatic rings. The van der Waals surface area contributed by atoms with Crippen LogP contribution in [-0.2, 0) is 9.09 Å². The van der Waals surface area contributed by atoms with E-state index in [1.165, 1.54) is 32.1 Å². The van der Waals surface area contributed by atoms with E-state index in [9.17, 15) is 4.57 Å². The third kappa shape index (κ3) is 10.8. The van der Waals surface area contributed by atoms with E-state index in [0.29, 0.717) is 24.3 Å². The topological polar surface area (TPSA) is 44.8 Å². The molecular formula is C22H39O4P. The van der Waals surface area contributed by atoms with Crippen LogP contribution in [-0.4, -0.2) is 18.9 Å². The first-order chi connectivity index (χ1) is 13.0. The molecule has 5 heteroatoms. The molecule has 1 atom stereocenters. The molecule has 0 heterocycles. The number of unbranched alkanes of at least 4 members (excludes halogenated alkanes) is 7. The predicted octanol–water partition coefficient (Wildman–Crippen LogP) is 7.61. The van der Waals surface area contributed by atoms with E-state index in [1.54, 1.807) is 6.07 Å². The average Bonchev–Trinajstić information content (AvgIpc) is 2.63. The molecule has 1 rings (SSSR count). The van der Waals surface area contributed by atoms with E-state index >= 15 is 0 Å². The summed E-state index contributed by atoms with van der Waals surface area (Å²) in [5, 5.41) is 0. The Hall–Kier alpha value is -0.990. The van der Waals surface area contributed by atoms with E-state index in [2.05, 4.69) is 13.8 Å². The van der Waals surface area contributed by atoms with E-state index in [0.717, 1.165) is 25.7 Å². The standard InChI is InChI=1S/C22H39O4P/c1-5-7-9-10-11-12-15-18-24-27(23,19-8-6-2)26-22-17-14-13-16-21(22)25-20(3)4/h13-14,16-17,20H,5-12,15,18-19H2,1-4H3. The number of hydrogen-bond acceptors (Lipinski definition) is 4. The molecule has 0 radical (unpaired) electrons. The maximum absolute atomic E-state index is 13.3. The third-order valence-corrected chi connectivity index (χ3v) is 6.19. The summed E-state index contributed by atoms with van der Waals surface area (Å²) in [4.78, 5) is 0. The summed E-state index contributed by atoms with van der Waals surface area (Å²) in [6, 6.07) is 7.40. The van der Waals surface area contributed by atoms with Crippen molar-refractivity contribution in [2.75, 3.05) is 12.8 Å². The fraction of sp³-hybridized carbons (Fsp3) is 0.727. The second-order valence-corrected chi connectivity index (χ2v) is 9.46. The zero-order chi connectivity index (χ0) is 20.0. The van der Waals surface area contributed by atoms with Gasteiger partial charge in [-0.1, -0.05) is 70.9 Å². The first-order valence-electron chi connectivity index (χ1n) is 10.7. The van der Waals surface area contributed by atoms with Crippen LogP contribution < -0.4 is 9.26 Å². The van der Waals surface area contributed by atoms with Gasteiger partial charge in [-0.2, -0.15) is 0 Å². The normalized spacial score (nSPS) is 13.5. The summed E-state index contributed by atoms with van der Waals surface area (Å²) in [5.74, 6) is 1.12. The Morgan fingerprint density at radius 3 is 2.07 bits per heavy atom. The molecule has 0 saturated heterocycles. The van der Waals surface area contributed by atoms with Crippen molar-refractivity contribution < 1.29 is 18.3 Å². The summed E-state index contributed by atoms with van der Waals surface area (Å²) in [6.45, 7) is 8.72. The summed E-state index contributed by atoms with van der Waals surface area (Å²) < 4.78 is 30.7. The van der Waals surface area contributed by atoms with Gasteiger partial charge in [-0.3, -0.25) is 4.52 Å². The van der Waals surface area contributed by atoms with Gasteiger partial charge in [-0.15, -0.1) is 0 Å². The largest absolute Gasteiger partial charge is 0.487 e. The van der Waals surface area contributed by atoms with E-state index < -0.39 is 7.60 Å². The lowest BCUT2D eigenvalue weighted by atomic mass is 10.1. The van der Waals surface area contributed by atoms with E-state index in [1.807, 2.05) is 32.0 Å². The number of ether oxygens (including phenoxy) is 1. The van der Waals surface area contributed by atoms with Crippen LogP contribution in [0.5, 0.6) is 11.5 Å². The van der Waals surface area contributed by atoms with Gasteiger partial charge in [-0.05, 0) is 38.8 Å². The third-order valence-electron chi connectivity index (χ3n) is 4.27. The van der Waals surface area contributed by atoms with Gasteiger partial charge in [0.2, 0.25) is 0 Å². The van der Waals surface area contributed by atoms with Crippen molar-refractivity contribution in [2.24, 2.45) is 0 Å². The molecule has 0 aromatic heterocycles. The Labute approximate surface area is 166 Å². The van der Waals surface area contributed by atoms with E-state index in [-0.39, 0.29) is 6.10 Å². The average molecular weight is 399 g/mol. The van der Waals surface area contributed by atoms with Crippen molar-refractivity contribution in [2.45, 2.75) is 91.6 Å². The van der Waals surface area contributed by atoms with Gasteiger partial charge in [-0.25, -0.2) is 4.57 Å². The molecule has 0 amide bonds. The van der Waals surface area contributed by atoms with Crippen LogP contribution in [0.2, 0.25) is 0 Å². The minimum atomic E-state index is -3.17. The SMILES string of the molecule is CCCCCCCCCOP(=O)(CCCC)Oc1ccccc1OC(C)C. The highest BCUT2D eigenvalue weighted by molar-refractivity contribution is 7.54. The maximum atomic E-state index is 13.3. The highest BCUT2D eigenvalue weighted by Crippen LogP contribution is 2.51. The summed E-state index contributed by atoms with van der Waals surface area (Å²) in [6.07, 6.45) is 10.7. The predicted molar refractivity (Wildman–Crippen MR) is 114 cm³/mol. The summed E-state index contributed by atoms with van der Waals surface area (Å²) in [7, 11) is -3.17. The Kier molecular flexibility index (Phi) is 12.5. The molecular weight excluding hydrogens is 359 g/mol. The van der Waals surface area contributed by atoms with Crippen molar-refractivity contribution in [3.63, 3.8) is 0 Å². The molecule has 1 aromatic rings. The molecule has 4 nitrogen and oxygen atoms in total. The van der Waals surface area contributed by atoms with Crippen molar-refractivity contribution >= 4 is 7.60 Å². The van der Waals surface area contributed by atoms with Crippen molar-refractivity contribution in [1.82, 2.24) is 0 Å². The molecule has 0 N–H and O–H groups in total. The van der Waals surface area contributed by atoms with Crippen molar-refractivity contribution in [3.8, 4) is 11.5 Å². The van der Waals surface area contributed by atoms with Gasteiger partial charge >= 0.3 is 7.60 Å². The molecule has 156 valence electrons. The Bertz CT molecular complexity index is 545. The lowest BCUT2D eigenvalue weighted by Gasteiger charge is -2.21. The number of hydrogen-bond donors (Lipinski definition) is 0. The van der Waals surface area contributed by atoms with E-state index in [4.69, 9.17) is 13.8 Å². The van der Waals surface area contributed by atoms with Crippen LogP contribution in [0.25, 0.3) is 0 Å². The zero-order valence-corrected chi connectivity index (χ0v) is 18.6. The van der Waals surface area contributed by atoms with Crippen LogP contribution in [0.4, 0.5) is 0 Å². The van der Waals surface area contributed by atoms with Crippen molar-refractivity contribution in [3.05, 3.63) is 24.3 Å². The Morgan fingerprint density at radius 1 is 0.852 bits per heavy atom. The van der Waals surface area contributed by atoms with Gasteiger partial charge in [0.1, 0.15) is 0 Å². The first-order valence-corrected chi connectivity index (χ1v) is 12.4. The second-order valence-electron chi connectivity index (χ2n) is 7.35. The highest BCUT2D eigenvalue weighted by Gasteiger charge is 2.27. The molecule has 27 heavy (non-hydrogen) atoms. The molecule has 0 saturated carbocycles. The highest BCUT2D eigenvalue weighted by atomic mass is 31.2. The second kappa shape index (κ2) is 14.1. The lowest BCUT2D eigenvalue weighted by molar-refractivity contribution is 0.225. The molecule has 0 aliphatic heterocycles. The molecule has 0 fully saturated rings. The van der Waals surface area contributed by atoms with Gasteiger partial charge in [0.25, 0.3) is 0 Å². The smallest absolute Gasteiger partial charge is 0.379 e. The minimum absolute atomic E-state index is 0.0263. The summed E-state index contributed by atoms with van der Waals surface area (Å²) in [5.41, 5.74) is 0. The van der Waals surface area contributed by atoms with Crippen LogP contribution >= 0.6 is 7.60 Å². The molecule has 0 aliphatic carbocycles. The number of para-hydroxylation sites is 2. The number of rotatable bonds is 16. The number of benzene rings is 1. The van der Waals surface area contributed by atoms with Crippen LogP contribution in [0, 0.1) is 0 Å². The van der Waals surface area contributed by atoms with Crippen LogP contribution in [0.1, 0.15) is 85.5 Å².